The number of rotatable bonds is 10. The van der Waals surface area contributed by atoms with Crippen LogP contribution in [0.5, 0.6) is 0 Å². The smallest absolute Gasteiger partial charge is 0.324 e. The SMILES string of the molecule is CCOCCN(CC)C(=O)NC(=O)CCCCC(=O)O. The number of ether oxygens (including phenoxy) is 1. The highest BCUT2D eigenvalue weighted by atomic mass is 16.5. The van der Waals surface area contributed by atoms with Crippen LogP contribution in [0.15, 0.2) is 0 Å². The van der Waals surface area contributed by atoms with Crippen molar-refractivity contribution in [3.63, 3.8) is 0 Å². The Morgan fingerprint density at radius 2 is 1.80 bits per heavy atom. The maximum absolute atomic E-state index is 11.8. The molecule has 20 heavy (non-hydrogen) atoms. The lowest BCUT2D eigenvalue weighted by molar-refractivity contribution is -0.137. The number of imide groups is 1. The van der Waals surface area contributed by atoms with E-state index in [9.17, 15) is 14.4 Å². The minimum Gasteiger partial charge on any atom is -0.481 e. The molecule has 7 heteroatoms. The summed E-state index contributed by atoms with van der Waals surface area (Å²) in [5.41, 5.74) is 0. The number of carboxylic acid groups (broad SMARTS) is 1. The summed E-state index contributed by atoms with van der Waals surface area (Å²) >= 11 is 0. The van der Waals surface area contributed by atoms with E-state index < -0.39 is 12.0 Å². The number of likely N-dealkylation sites (N-methyl/N-ethyl adjacent to an activating group) is 1. The zero-order valence-electron chi connectivity index (χ0n) is 12.2. The van der Waals surface area contributed by atoms with E-state index in [1.54, 1.807) is 0 Å². The normalized spacial score (nSPS) is 10.1. The first-order valence-corrected chi connectivity index (χ1v) is 6.89. The second kappa shape index (κ2) is 11.2. The molecule has 0 radical (unpaired) electrons. The molecule has 0 heterocycles. The summed E-state index contributed by atoms with van der Waals surface area (Å²) in [5.74, 6) is -1.26. The molecule has 0 spiro atoms. The molecular weight excluding hydrogens is 264 g/mol. The number of nitrogens with one attached hydrogen (secondary N) is 1. The van der Waals surface area contributed by atoms with Crippen LogP contribution in [0.1, 0.15) is 39.5 Å². The van der Waals surface area contributed by atoms with Crippen LogP contribution in [0, 0.1) is 0 Å². The molecule has 0 atom stereocenters. The second-order valence-corrected chi connectivity index (χ2v) is 4.23. The van der Waals surface area contributed by atoms with Crippen molar-refractivity contribution in [1.29, 1.82) is 0 Å². The van der Waals surface area contributed by atoms with Gasteiger partial charge in [-0.3, -0.25) is 14.9 Å². The van der Waals surface area contributed by atoms with Gasteiger partial charge in [0.2, 0.25) is 5.91 Å². The van der Waals surface area contributed by atoms with Gasteiger partial charge in [-0.15, -0.1) is 0 Å². The topological polar surface area (TPSA) is 95.9 Å². The van der Waals surface area contributed by atoms with Gasteiger partial charge in [0.1, 0.15) is 0 Å². The maximum atomic E-state index is 11.8. The number of hydrogen-bond acceptors (Lipinski definition) is 4. The Kier molecular flexibility index (Phi) is 10.3. The summed E-state index contributed by atoms with van der Waals surface area (Å²) in [6.07, 6.45) is 1.08. The second-order valence-electron chi connectivity index (χ2n) is 4.23. The van der Waals surface area contributed by atoms with E-state index in [0.29, 0.717) is 39.1 Å². The quantitative estimate of drug-likeness (QED) is 0.589. The van der Waals surface area contributed by atoms with Crippen LogP contribution in [0.2, 0.25) is 0 Å². The molecule has 116 valence electrons. The number of carboxylic acids is 1. The lowest BCUT2D eigenvalue weighted by Gasteiger charge is -2.20. The van der Waals surface area contributed by atoms with Crippen molar-refractivity contribution in [2.75, 3.05) is 26.3 Å². The number of nitrogens with zero attached hydrogens (tertiary/aromatic N) is 1. The van der Waals surface area contributed by atoms with Crippen LogP contribution in [0.25, 0.3) is 0 Å². The largest absolute Gasteiger partial charge is 0.481 e. The predicted octanol–water partition coefficient (Wildman–Crippen LogP) is 1.23. The number of amides is 3. The van der Waals surface area contributed by atoms with E-state index in [-0.39, 0.29) is 18.7 Å². The van der Waals surface area contributed by atoms with Crippen molar-refractivity contribution in [2.45, 2.75) is 39.5 Å². The van der Waals surface area contributed by atoms with Gasteiger partial charge in [0, 0.05) is 32.5 Å². The third kappa shape index (κ3) is 9.32. The minimum absolute atomic E-state index is 0.0384. The van der Waals surface area contributed by atoms with E-state index in [1.165, 1.54) is 4.90 Å². The Labute approximate surface area is 119 Å². The first-order valence-electron chi connectivity index (χ1n) is 6.89. The molecule has 0 unspecified atom stereocenters. The number of hydrogen-bond donors (Lipinski definition) is 2. The molecule has 0 fully saturated rings. The van der Waals surface area contributed by atoms with Gasteiger partial charge in [0.25, 0.3) is 0 Å². The number of urea groups is 1. The van der Waals surface area contributed by atoms with Crippen LogP contribution in [-0.2, 0) is 14.3 Å². The number of carbonyl (C=O) groups excluding carboxylic acids is 2. The molecule has 0 aliphatic heterocycles. The highest BCUT2D eigenvalue weighted by Gasteiger charge is 2.14. The number of unbranched alkanes of at least 4 members (excludes halogenated alkanes) is 1. The summed E-state index contributed by atoms with van der Waals surface area (Å²) in [4.78, 5) is 35.1. The van der Waals surface area contributed by atoms with E-state index >= 15 is 0 Å². The fourth-order valence-corrected chi connectivity index (χ4v) is 1.54. The molecule has 0 aliphatic rings. The maximum Gasteiger partial charge on any atom is 0.324 e. The van der Waals surface area contributed by atoms with Crippen LogP contribution < -0.4 is 5.32 Å². The molecule has 0 aliphatic carbocycles. The van der Waals surface area contributed by atoms with E-state index in [4.69, 9.17) is 9.84 Å². The molecule has 0 saturated carbocycles. The van der Waals surface area contributed by atoms with Crippen LogP contribution in [0.3, 0.4) is 0 Å². The van der Waals surface area contributed by atoms with Gasteiger partial charge >= 0.3 is 12.0 Å². The van der Waals surface area contributed by atoms with Crippen molar-refractivity contribution in [2.24, 2.45) is 0 Å². The molecule has 2 N–H and O–H groups in total. The van der Waals surface area contributed by atoms with Crippen LogP contribution in [-0.4, -0.2) is 54.2 Å². The molecule has 7 nitrogen and oxygen atoms in total. The summed E-state index contributed by atoms with van der Waals surface area (Å²) in [6, 6.07) is -0.435. The highest BCUT2D eigenvalue weighted by molar-refractivity contribution is 5.94. The van der Waals surface area contributed by atoms with Crippen molar-refractivity contribution in [3.8, 4) is 0 Å². The highest BCUT2D eigenvalue weighted by Crippen LogP contribution is 2.00. The molecule has 0 aromatic heterocycles. The lowest BCUT2D eigenvalue weighted by atomic mass is 10.2. The fourth-order valence-electron chi connectivity index (χ4n) is 1.54. The summed E-state index contributed by atoms with van der Waals surface area (Å²) in [6.45, 7) is 5.64. The third-order valence-electron chi connectivity index (χ3n) is 2.67. The van der Waals surface area contributed by atoms with Gasteiger partial charge in [-0.1, -0.05) is 0 Å². The summed E-state index contributed by atoms with van der Waals surface area (Å²) < 4.78 is 5.16. The van der Waals surface area contributed by atoms with Gasteiger partial charge in [-0.25, -0.2) is 4.79 Å². The van der Waals surface area contributed by atoms with Gasteiger partial charge in [-0.2, -0.15) is 0 Å². The molecule has 0 aromatic carbocycles. The van der Waals surface area contributed by atoms with E-state index in [2.05, 4.69) is 5.32 Å². The Balaban J connectivity index is 3.90. The first kappa shape index (κ1) is 18.4. The van der Waals surface area contributed by atoms with Crippen LogP contribution >= 0.6 is 0 Å². The van der Waals surface area contributed by atoms with Crippen LogP contribution in [0.4, 0.5) is 4.79 Å². The Bertz CT molecular complexity index is 320. The van der Waals surface area contributed by atoms with Crippen molar-refractivity contribution in [3.05, 3.63) is 0 Å². The predicted molar refractivity (Wildman–Crippen MR) is 73.4 cm³/mol. The van der Waals surface area contributed by atoms with E-state index in [1.807, 2.05) is 13.8 Å². The summed E-state index contributed by atoms with van der Waals surface area (Å²) in [7, 11) is 0. The van der Waals surface area contributed by atoms with Gasteiger partial charge < -0.3 is 14.7 Å². The van der Waals surface area contributed by atoms with Crippen molar-refractivity contribution in [1.82, 2.24) is 10.2 Å². The van der Waals surface area contributed by atoms with Gasteiger partial charge in [0.15, 0.2) is 0 Å². The Hall–Kier alpha value is -1.63. The van der Waals surface area contributed by atoms with E-state index in [0.717, 1.165) is 0 Å². The number of carbonyl (C=O) groups is 3. The number of aliphatic carboxylic acids is 1. The first-order chi connectivity index (χ1) is 9.51. The van der Waals surface area contributed by atoms with Gasteiger partial charge in [-0.05, 0) is 26.7 Å². The monoisotopic (exact) mass is 288 g/mol. The Morgan fingerprint density at radius 1 is 1.15 bits per heavy atom. The standard InChI is InChI=1S/C13H24N2O5/c1-3-15(9-10-20-4-2)13(19)14-11(16)7-5-6-8-12(17)18/h3-10H2,1-2H3,(H,17,18)(H,14,16,19). The fraction of sp³-hybridized carbons (Fsp3) is 0.769. The molecule has 0 aromatic rings. The molecule has 0 bridgehead atoms. The molecule has 0 rings (SSSR count). The minimum atomic E-state index is -0.880. The summed E-state index contributed by atoms with van der Waals surface area (Å²) in [5, 5.41) is 10.7. The average Bonchev–Trinajstić information content (AvgIpc) is 2.39. The average molecular weight is 288 g/mol. The van der Waals surface area contributed by atoms with Crippen molar-refractivity contribution >= 4 is 17.9 Å². The van der Waals surface area contributed by atoms with Gasteiger partial charge in [0.05, 0.1) is 6.61 Å². The molecular formula is C13H24N2O5. The Morgan fingerprint density at radius 3 is 2.35 bits per heavy atom. The zero-order chi connectivity index (χ0) is 15.4. The zero-order valence-corrected chi connectivity index (χ0v) is 12.2. The lowest BCUT2D eigenvalue weighted by Crippen LogP contribution is -2.44. The molecule has 0 saturated heterocycles. The third-order valence-corrected chi connectivity index (χ3v) is 2.67. The van der Waals surface area contributed by atoms with Crippen molar-refractivity contribution < 1.29 is 24.2 Å². The molecule has 3 amide bonds.